The molecule has 7 heteroatoms. The minimum Gasteiger partial charge on any atom is -0.409 e. The van der Waals surface area contributed by atoms with Gasteiger partial charge in [0.2, 0.25) is 0 Å². The van der Waals surface area contributed by atoms with E-state index in [1.807, 2.05) is 0 Å². The van der Waals surface area contributed by atoms with Crippen LogP contribution in [0.2, 0.25) is 0 Å². The third kappa shape index (κ3) is 3.03. The summed E-state index contributed by atoms with van der Waals surface area (Å²) in [5, 5.41) is 14.1. The highest BCUT2D eigenvalue weighted by Gasteiger charge is 2.06. The lowest BCUT2D eigenvalue weighted by atomic mass is 10.2. The summed E-state index contributed by atoms with van der Waals surface area (Å²) in [7, 11) is 0. The molecule has 0 spiro atoms. The van der Waals surface area contributed by atoms with Gasteiger partial charge in [-0.3, -0.25) is 4.79 Å². The van der Waals surface area contributed by atoms with Gasteiger partial charge in [-0.15, -0.1) is 0 Å². The van der Waals surface area contributed by atoms with Crippen molar-refractivity contribution in [3.8, 4) is 0 Å². The van der Waals surface area contributed by atoms with Crippen LogP contribution in [0.25, 0.3) is 0 Å². The molecule has 0 unspecified atom stereocenters. The van der Waals surface area contributed by atoms with E-state index in [4.69, 9.17) is 10.9 Å². The molecule has 1 amide bonds. The molecule has 0 aliphatic carbocycles. The van der Waals surface area contributed by atoms with E-state index >= 15 is 0 Å². The van der Waals surface area contributed by atoms with Gasteiger partial charge in [0, 0.05) is 23.6 Å². The number of amides is 1. The van der Waals surface area contributed by atoms with E-state index in [0.717, 1.165) is 0 Å². The van der Waals surface area contributed by atoms with Gasteiger partial charge in [-0.1, -0.05) is 5.16 Å². The second-order valence-corrected chi connectivity index (χ2v) is 3.64. The summed E-state index contributed by atoms with van der Waals surface area (Å²) in [6.07, 6.45) is 4.20. The van der Waals surface area contributed by atoms with E-state index in [0.29, 0.717) is 16.8 Å². The van der Waals surface area contributed by atoms with Crippen molar-refractivity contribution in [2.45, 2.75) is 0 Å². The molecule has 1 heterocycles. The first-order valence-corrected chi connectivity index (χ1v) is 5.35. The fourth-order valence-electron chi connectivity index (χ4n) is 1.40. The topological polar surface area (TPSA) is 113 Å². The highest BCUT2D eigenvalue weighted by Crippen LogP contribution is 2.10. The van der Waals surface area contributed by atoms with Gasteiger partial charge < -0.3 is 16.3 Å². The summed E-state index contributed by atoms with van der Waals surface area (Å²) >= 11 is 0. The van der Waals surface area contributed by atoms with Crippen molar-refractivity contribution >= 4 is 17.4 Å². The van der Waals surface area contributed by atoms with Crippen molar-refractivity contribution in [2.75, 3.05) is 5.32 Å². The van der Waals surface area contributed by atoms with Crippen molar-refractivity contribution in [2.24, 2.45) is 10.9 Å². The van der Waals surface area contributed by atoms with Crippen LogP contribution in [0.3, 0.4) is 0 Å². The summed E-state index contributed by atoms with van der Waals surface area (Å²) in [5.41, 5.74) is 6.94. The van der Waals surface area contributed by atoms with Crippen LogP contribution >= 0.6 is 0 Å². The molecule has 0 fully saturated rings. The number of carbonyl (C=O) groups excluding carboxylic acids is 1. The SMILES string of the molecule is N/C(=N/O)c1ccc(NC(=O)c2cncnc2)cc1. The molecule has 19 heavy (non-hydrogen) atoms. The molecule has 7 nitrogen and oxygen atoms in total. The molecule has 2 aromatic rings. The molecular formula is C12H11N5O2. The molecule has 0 radical (unpaired) electrons. The molecule has 0 saturated heterocycles. The smallest absolute Gasteiger partial charge is 0.258 e. The summed E-state index contributed by atoms with van der Waals surface area (Å²) in [6.45, 7) is 0. The van der Waals surface area contributed by atoms with Crippen molar-refractivity contribution in [3.05, 3.63) is 54.1 Å². The number of amidine groups is 1. The van der Waals surface area contributed by atoms with E-state index in [-0.39, 0.29) is 11.7 Å². The third-order valence-corrected chi connectivity index (χ3v) is 2.37. The van der Waals surface area contributed by atoms with E-state index in [9.17, 15) is 4.79 Å². The average molecular weight is 257 g/mol. The first-order valence-electron chi connectivity index (χ1n) is 5.35. The molecule has 1 aromatic carbocycles. The van der Waals surface area contributed by atoms with Gasteiger partial charge in [-0.05, 0) is 24.3 Å². The number of anilines is 1. The van der Waals surface area contributed by atoms with Crippen LogP contribution < -0.4 is 11.1 Å². The lowest BCUT2D eigenvalue weighted by Gasteiger charge is -2.05. The quantitative estimate of drug-likeness (QED) is 0.326. The Morgan fingerprint density at radius 3 is 2.37 bits per heavy atom. The van der Waals surface area contributed by atoms with Crippen molar-refractivity contribution in [3.63, 3.8) is 0 Å². The highest BCUT2D eigenvalue weighted by atomic mass is 16.4. The average Bonchev–Trinajstić information content (AvgIpc) is 2.48. The number of hydrogen-bond donors (Lipinski definition) is 3. The van der Waals surface area contributed by atoms with Crippen molar-refractivity contribution < 1.29 is 10.0 Å². The first-order chi connectivity index (χ1) is 9.20. The summed E-state index contributed by atoms with van der Waals surface area (Å²) < 4.78 is 0. The van der Waals surface area contributed by atoms with Gasteiger partial charge in [0.15, 0.2) is 5.84 Å². The van der Waals surface area contributed by atoms with Crippen molar-refractivity contribution in [1.82, 2.24) is 9.97 Å². The fourth-order valence-corrected chi connectivity index (χ4v) is 1.40. The zero-order valence-corrected chi connectivity index (χ0v) is 9.82. The molecule has 4 N–H and O–H groups in total. The number of oxime groups is 1. The Kier molecular flexibility index (Phi) is 3.67. The van der Waals surface area contributed by atoms with E-state index < -0.39 is 0 Å². The third-order valence-electron chi connectivity index (χ3n) is 2.37. The van der Waals surface area contributed by atoms with Gasteiger partial charge in [-0.25, -0.2) is 9.97 Å². The zero-order valence-electron chi connectivity index (χ0n) is 9.82. The van der Waals surface area contributed by atoms with Gasteiger partial charge in [0.05, 0.1) is 5.56 Å². The Morgan fingerprint density at radius 2 is 1.79 bits per heavy atom. The number of carbonyl (C=O) groups is 1. The largest absolute Gasteiger partial charge is 0.409 e. The minimum atomic E-state index is -0.308. The lowest BCUT2D eigenvalue weighted by Crippen LogP contribution is -2.14. The maximum absolute atomic E-state index is 11.8. The van der Waals surface area contributed by atoms with Crippen LogP contribution in [0.5, 0.6) is 0 Å². The number of rotatable bonds is 3. The molecule has 96 valence electrons. The maximum Gasteiger partial charge on any atom is 0.258 e. The monoisotopic (exact) mass is 257 g/mol. The number of aromatic nitrogens is 2. The molecule has 0 saturated carbocycles. The number of benzene rings is 1. The Bertz CT molecular complexity index is 595. The number of nitrogens with zero attached hydrogens (tertiary/aromatic N) is 3. The Hall–Kier alpha value is -2.96. The lowest BCUT2D eigenvalue weighted by molar-refractivity contribution is 0.102. The molecular weight excluding hydrogens is 246 g/mol. The van der Waals surface area contributed by atoms with Crippen LogP contribution in [0.1, 0.15) is 15.9 Å². The first kappa shape index (κ1) is 12.5. The summed E-state index contributed by atoms with van der Waals surface area (Å²) in [6, 6.07) is 6.56. The van der Waals surface area contributed by atoms with Crippen LogP contribution in [0, 0.1) is 0 Å². The van der Waals surface area contributed by atoms with Crippen LogP contribution in [-0.2, 0) is 0 Å². The molecule has 0 aliphatic heterocycles. The predicted molar refractivity (Wildman–Crippen MR) is 68.9 cm³/mol. The van der Waals surface area contributed by atoms with E-state index in [1.165, 1.54) is 18.7 Å². The van der Waals surface area contributed by atoms with Crippen LogP contribution in [0.15, 0.2) is 48.1 Å². The van der Waals surface area contributed by atoms with E-state index in [1.54, 1.807) is 24.3 Å². The van der Waals surface area contributed by atoms with Gasteiger partial charge in [-0.2, -0.15) is 0 Å². The Balaban J connectivity index is 2.10. The highest BCUT2D eigenvalue weighted by molar-refractivity contribution is 6.04. The van der Waals surface area contributed by atoms with Gasteiger partial charge >= 0.3 is 0 Å². The minimum absolute atomic E-state index is 0.00864. The fraction of sp³-hybridized carbons (Fsp3) is 0. The van der Waals surface area contributed by atoms with E-state index in [2.05, 4.69) is 20.4 Å². The number of nitrogens with two attached hydrogens (primary N) is 1. The number of nitrogens with one attached hydrogen (secondary N) is 1. The maximum atomic E-state index is 11.8. The summed E-state index contributed by atoms with van der Waals surface area (Å²) in [4.78, 5) is 19.3. The zero-order chi connectivity index (χ0) is 13.7. The predicted octanol–water partition coefficient (Wildman–Crippen LogP) is 0.823. The Morgan fingerprint density at radius 1 is 1.16 bits per heavy atom. The molecule has 0 aliphatic rings. The normalized spacial score (nSPS) is 11.1. The standard InChI is InChI=1S/C12H11N5O2/c13-11(17-19)8-1-3-10(4-2-8)16-12(18)9-5-14-7-15-6-9/h1-7,19H,(H2,13,17)(H,16,18). The van der Waals surface area contributed by atoms with Gasteiger partial charge in [0.1, 0.15) is 6.33 Å². The second kappa shape index (κ2) is 5.58. The molecule has 1 aromatic heterocycles. The van der Waals surface area contributed by atoms with Gasteiger partial charge in [0.25, 0.3) is 5.91 Å². The Labute approximate surface area is 108 Å². The summed E-state index contributed by atoms with van der Waals surface area (Å²) in [5.74, 6) is -0.300. The molecule has 2 rings (SSSR count). The molecule has 0 bridgehead atoms. The number of hydrogen-bond acceptors (Lipinski definition) is 5. The second-order valence-electron chi connectivity index (χ2n) is 3.64. The van der Waals surface area contributed by atoms with Crippen molar-refractivity contribution in [1.29, 1.82) is 0 Å². The van der Waals surface area contributed by atoms with Crippen LogP contribution in [0.4, 0.5) is 5.69 Å². The molecule has 0 atom stereocenters. The van der Waals surface area contributed by atoms with Crippen LogP contribution in [-0.4, -0.2) is 26.9 Å².